The molecule has 6 nitrogen and oxygen atoms in total. The van der Waals surface area contributed by atoms with Crippen LogP contribution in [-0.2, 0) is 0 Å². The van der Waals surface area contributed by atoms with Crippen molar-refractivity contribution >= 4 is 22.3 Å². The van der Waals surface area contributed by atoms with Gasteiger partial charge in [-0.15, -0.1) is 0 Å². The molecular weight excluding hydrogens is 408 g/mol. The maximum absolute atomic E-state index is 13.6. The lowest BCUT2D eigenvalue weighted by Crippen LogP contribution is -2.10. The number of benzene rings is 4. The van der Waals surface area contributed by atoms with Crippen molar-refractivity contribution < 1.29 is 29.3 Å². The van der Waals surface area contributed by atoms with Crippen LogP contribution in [0.3, 0.4) is 0 Å². The van der Waals surface area contributed by atoms with Gasteiger partial charge in [-0.1, -0.05) is 12.1 Å². The number of hydrogen-bond donors (Lipinski definition) is 2. The van der Waals surface area contributed by atoms with E-state index in [4.69, 9.17) is 9.47 Å². The van der Waals surface area contributed by atoms with Gasteiger partial charge < -0.3 is 19.7 Å². The SMILES string of the molecule is COc1ccc2ccc(OC)c(C(=O)c3ccc(O)cc3)c2c1C(=O)c1ccc(O)cc1. The van der Waals surface area contributed by atoms with Crippen LogP contribution >= 0.6 is 0 Å². The quantitative estimate of drug-likeness (QED) is 0.431. The van der Waals surface area contributed by atoms with Crippen LogP contribution in [0.25, 0.3) is 10.8 Å². The lowest BCUT2D eigenvalue weighted by molar-refractivity contribution is 0.103. The molecule has 4 rings (SSSR count). The zero-order valence-corrected chi connectivity index (χ0v) is 17.5. The summed E-state index contributed by atoms with van der Waals surface area (Å²) in [5.41, 5.74) is 1.10. The maximum Gasteiger partial charge on any atom is 0.197 e. The Morgan fingerprint density at radius 3 is 1.31 bits per heavy atom. The lowest BCUT2D eigenvalue weighted by atomic mass is 9.89. The number of aromatic hydroxyl groups is 2. The highest BCUT2D eigenvalue weighted by molar-refractivity contribution is 6.26. The molecule has 2 N–H and O–H groups in total. The number of methoxy groups -OCH3 is 2. The number of carbonyl (C=O) groups excluding carboxylic acids is 2. The standard InChI is InChI=1S/C26H20O6/c1-31-20-13-7-15-8-14-21(32-2)24(26(30)17-5-11-19(28)12-6-17)22(15)23(20)25(29)16-3-9-18(27)10-4-16/h3-14,27-28H,1-2H3. The van der Waals surface area contributed by atoms with Crippen molar-refractivity contribution in [3.63, 3.8) is 0 Å². The molecule has 0 spiro atoms. The van der Waals surface area contributed by atoms with Gasteiger partial charge in [0.15, 0.2) is 11.6 Å². The number of phenols is 2. The van der Waals surface area contributed by atoms with E-state index in [1.807, 2.05) is 0 Å². The first-order valence-electron chi connectivity index (χ1n) is 9.79. The second-order valence-corrected chi connectivity index (χ2v) is 7.14. The minimum atomic E-state index is -0.361. The van der Waals surface area contributed by atoms with Crippen LogP contribution in [0.1, 0.15) is 31.8 Å². The summed E-state index contributed by atoms with van der Waals surface area (Å²) in [5, 5.41) is 20.3. The summed E-state index contributed by atoms with van der Waals surface area (Å²) in [6.45, 7) is 0. The molecule has 0 radical (unpaired) electrons. The highest BCUT2D eigenvalue weighted by Crippen LogP contribution is 2.38. The first kappa shape index (κ1) is 20.9. The third-order valence-electron chi connectivity index (χ3n) is 5.26. The molecule has 0 atom stereocenters. The number of ketones is 2. The summed E-state index contributed by atoms with van der Waals surface area (Å²) < 4.78 is 11.0. The molecule has 0 heterocycles. The number of phenolic OH excluding ortho intramolecular Hbond substituents is 2. The molecule has 0 saturated carbocycles. The summed E-state index contributed by atoms with van der Waals surface area (Å²) in [7, 11) is 2.91. The molecule has 0 aliphatic heterocycles. The molecule has 0 amide bonds. The number of ether oxygens (including phenoxy) is 2. The van der Waals surface area contributed by atoms with Crippen molar-refractivity contribution in [3.8, 4) is 23.0 Å². The summed E-state index contributed by atoms with van der Waals surface area (Å²) in [5.74, 6) is -0.0271. The Morgan fingerprint density at radius 1 is 0.594 bits per heavy atom. The van der Waals surface area contributed by atoms with E-state index in [-0.39, 0.29) is 34.2 Å². The van der Waals surface area contributed by atoms with Gasteiger partial charge in [0.25, 0.3) is 0 Å². The van der Waals surface area contributed by atoms with Gasteiger partial charge in [-0.25, -0.2) is 0 Å². The Kier molecular flexibility index (Phi) is 5.52. The largest absolute Gasteiger partial charge is 0.508 e. The second kappa shape index (κ2) is 8.43. The highest BCUT2D eigenvalue weighted by atomic mass is 16.5. The van der Waals surface area contributed by atoms with Crippen LogP contribution in [0, 0.1) is 0 Å². The van der Waals surface area contributed by atoms with E-state index in [0.29, 0.717) is 33.4 Å². The second-order valence-electron chi connectivity index (χ2n) is 7.14. The lowest BCUT2D eigenvalue weighted by Gasteiger charge is -2.17. The maximum atomic E-state index is 13.6. The molecule has 0 fully saturated rings. The van der Waals surface area contributed by atoms with Gasteiger partial charge in [0, 0.05) is 16.5 Å². The third-order valence-corrected chi connectivity index (χ3v) is 5.26. The fourth-order valence-electron chi connectivity index (χ4n) is 3.69. The molecule has 0 aromatic heterocycles. The topological polar surface area (TPSA) is 93.1 Å². The molecule has 32 heavy (non-hydrogen) atoms. The number of rotatable bonds is 6. The van der Waals surface area contributed by atoms with Crippen molar-refractivity contribution in [3.05, 3.63) is 95.1 Å². The molecule has 0 saturated heterocycles. The Labute approximate surface area is 184 Å². The molecule has 0 unspecified atom stereocenters. The normalized spacial score (nSPS) is 10.7. The summed E-state index contributed by atoms with van der Waals surface area (Å²) in [6.07, 6.45) is 0. The number of fused-ring (bicyclic) bond motifs is 1. The van der Waals surface area contributed by atoms with Crippen molar-refractivity contribution in [1.82, 2.24) is 0 Å². The molecular formula is C26H20O6. The van der Waals surface area contributed by atoms with Crippen molar-refractivity contribution in [1.29, 1.82) is 0 Å². The number of carbonyl (C=O) groups is 2. The van der Waals surface area contributed by atoms with Crippen molar-refractivity contribution in [2.75, 3.05) is 14.2 Å². The first-order chi connectivity index (χ1) is 15.4. The van der Waals surface area contributed by atoms with Gasteiger partial charge >= 0.3 is 0 Å². The van der Waals surface area contributed by atoms with Gasteiger partial charge in [-0.05, 0) is 66.0 Å². The zero-order chi connectivity index (χ0) is 22.8. The van der Waals surface area contributed by atoms with Crippen LogP contribution < -0.4 is 9.47 Å². The van der Waals surface area contributed by atoms with Gasteiger partial charge in [-0.2, -0.15) is 0 Å². The van der Waals surface area contributed by atoms with Crippen LogP contribution in [0.4, 0.5) is 0 Å². The molecule has 0 bridgehead atoms. The minimum absolute atomic E-state index is 0.0382. The Bertz CT molecular complexity index is 1220. The molecule has 0 aliphatic rings. The van der Waals surface area contributed by atoms with Crippen LogP contribution in [0.2, 0.25) is 0 Å². The van der Waals surface area contributed by atoms with Crippen molar-refractivity contribution in [2.45, 2.75) is 0 Å². The Balaban J connectivity index is 2.04. The summed E-state index contributed by atoms with van der Waals surface area (Å²) in [4.78, 5) is 27.1. The number of hydrogen-bond acceptors (Lipinski definition) is 6. The van der Waals surface area contributed by atoms with E-state index in [1.165, 1.54) is 62.8 Å². The monoisotopic (exact) mass is 428 g/mol. The molecule has 160 valence electrons. The third kappa shape index (κ3) is 3.63. The van der Waals surface area contributed by atoms with Gasteiger partial charge in [0.2, 0.25) is 0 Å². The molecule has 0 aliphatic carbocycles. The zero-order valence-electron chi connectivity index (χ0n) is 17.5. The fourth-order valence-corrected chi connectivity index (χ4v) is 3.69. The van der Waals surface area contributed by atoms with E-state index in [9.17, 15) is 19.8 Å². The Morgan fingerprint density at radius 2 is 0.969 bits per heavy atom. The molecule has 4 aromatic rings. The smallest absolute Gasteiger partial charge is 0.197 e. The predicted molar refractivity (Wildman–Crippen MR) is 120 cm³/mol. The van der Waals surface area contributed by atoms with Crippen LogP contribution in [0.5, 0.6) is 23.0 Å². The van der Waals surface area contributed by atoms with Crippen LogP contribution in [-0.4, -0.2) is 36.0 Å². The van der Waals surface area contributed by atoms with E-state index < -0.39 is 0 Å². The van der Waals surface area contributed by atoms with E-state index in [2.05, 4.69) is 0 Å². The van der Waals surface area contributed by atoms with E-state index in [1.54, 1.807) is 24.3 Å². The van der Waals surface area contributed by atoms with Gasteiger partial charge in [-0.3, -0.25) is 9.59 Å². The van der Waals surface area contributed by atoms with Gasteiger partial charge in [0.05, 0.1) is 25.3 Å². The minimum Gasteiger partial charge on any atom is -0.508 e. The highest BCUT2D eigenvalue weighted by Gasteiger charge is 2.26. The average molecular weight is 428 g/mol. The average Bonchev–Trinajstić information content (AvgIpc) is 2.82. The summed E-state index contributed by atoms with van der Waals surface area (Å²) >= 11 is 0. The molecule has 4 aromatic carbocycles. The molecule has 6 heteroatoms. The summed E-state index contributed by atoms with van der Waals surface area (Å²) in [6, 6.07) is 18.6. The predicted octanol–water partition coefficient (Wildman–Crippen LogP) is 4.73. The fraction of sp³-hybridized carbons (Fsp3) is 0.0769. The van der Waals surface area contributed by atoms with Crippen LogP contribution in [0.15, 0.2) is 72.8 Å². The van der Waals surface area contributed by atoms with E-state index >= 15 is 0 Å². The van der Waals surface area contributed by atoms with E-state index in [0.717, 1.165) is 0 Å². The van der Waals surface area contributed by atoms with Crippen molar-refractivity contribution in [2.24, 2.45) is 0 Å². The Hall–Kier alpha value is -4.32. The first-order valence-corrected chi connectivity index (χ1v) is 9.79. The van der Waals surface area contributed by atoms with Gasteiger partial charge in [0.1, 0.15) is 23.0 Å².